The molecule has 0 bridgehead atoms. The Morgan fingerprint density at radius 1 is 0.917 bits per heavy atom. The number of rotatable bonds is 6. The lowest BCUT2D eigenvalue weighted by molar-refractivity contribution is 0.171. The predicted octanol–water partition coefficient (Wildman–Crippen LogP) is 3.37. The third kappa shape index (κ3) is 4.40. The van der Waals surface area contributed by atoms with E-state index in [4.69, 9.17) is 9.47 Å². The molecule has 3 aliphatic heterocycles. The fourth-order valence-corrected chi connectivity index (χ4v) is 7.57. The van der Waals surface area contributed by atoms with E-state index in [-0.39, 0.29) is 6.04 Å². The second-order valence-corrected chi connectivity index (χ2v) is 11.5. The van der Waals surface area contributed by atoms with Gasteiger partial charge in [-0.1, -0.05) is 30.3 Å². The average Bonchev–Trinajstić information content (AvgIpc) is 3.41. The maximum absolute atomic E-state index is 13.7. The van der Waals surface area contributed by atoms with Crippen molar-refractivity contribution >= 4 is 26.5 Å². The van der Waals surface area contributed by atoms with E-state index in [1.165, 1.54) is 6.20 Å². The van der Waals surface area contributed by atoms with Gasteiger partial charge in [0, 0.05) is 61.9 Å². The van der Waals surface area contributed by atoms with E-state index in [0.29, 0.717) is 24.7 Å². The topological polar surface area (TPSA) is 75.2 Å². The highest BCUT2D eigenvalue weighted by molar-refractivity contribution is 7.89. The number of anilines is 1. The smallest absolute Gasteiger partial charge is 0.245 e. The highest BCUT2D eigenvalue weighted by Crippen LogP contribution is 2.40. The van der Waals surface area contributed by atoms with Crippen LogP contribution in [0.15, 0.2) is 59.8 Å². The van der Waals surface area contributed by atoms with Crippen LogP contribution in [-0.2, 0) is 10.0 Å². The lowest BCUT2D eigenvalue weighted by Crippen LogP contribution is -2.48. The van der Waals surface area contributed by atoms with Crippen LogP contribution in [0.5, 0.6) is 11.5 Å². The van der Waals surface area contributed by atoms with Gasteiger partial charge in [-0.3, -0.25) is 9.88 Å². The summed E-state index contributed by atoms with van der Waals surface area (Å²) in [6, 6.07) is 13.7. The molecule has 3 aliphatic rings. The first-order valence-corrected chi connectivity index (χ1v) is 14.3. The Bertz CT molecular complexity index is 1340. The van der Waals surface area contributed by atoms with E-state index in [0.717, 1.165) is 79.9 Å². The third-order valence-electron chi connectivity index (χ3n) is 7.58. The van der Waals surface area contributed by atoms with Gasteiger partial charge in [-0.25, -0.2) is 8.42 Å². The van der Waals surface area contributed by atoms with Crippen LogP contribution < -0.4 is 14.4 Å². The van der Waals surface area contributed by atoms with E-state index in [2.05, 4.69) is 20.9 Å². The quantitative estimate of drug-likeness (QED) is 0.505. The number of aromatic nitrogens is 1. The van der Waals surface area contributed by atoms with Gasteiger partial charge in [0.05, 0.1) is 5.69 Å². The standard InChI is InChI=1S/C27H32N4O4S/c32-36(33,26-20-28-19-21-5-1-2-7-23(21)26)31-11-4-6-22(31)10-12-29-13-15-30(16-14-29)24-8-3-9-25-27(24)35-18-17-34-25/h1-3,5,7-9,19-20,22H,4,6,10-18H2/t22-/m0/s1. The first-order valence-electron chi connectivity index (χ1n) is 12.8. The van der Waals surface area contributed by atoms with Crippen molar-refractivity contribution in [1.29, 1.82) is 0 Å². The molecule has 6 rings (SSSR count). The van der Waals surface area contributed by atoms with Crippen LogP contribution in [-0.4, -0.2) is 81.1 Å². The van der Waals surface area contributed by atoms with Gasteiger partial charge >= 0.3 is 0 Å². The zero-order valence-electron chi connectivity index (χ0n) is 20.4. The third-order valence-corrected chi connectivity index (χ3v) is 9.56. The molecule has 0 N–H and O–H groups in total. The first kappa shape index (κ1) is 23.5. The van der Waals surface area contributed by atoms with Crippen molar-refractivity contribution in [2.75, 3.05) is 57.4 Å². The van der Waals surface area contributed by atoms with Gasteiger partial charge in [0.15, 0.2) is 11.5 Å². The van der Waals surface area contributed by atoms with Gasteiger partial charge in [-0.05, 0) is 37.9 Å². The summed E-state index contributed by atoms with van der Waals surface area (Å²) in [6.45, 7) is 6.35. The lowest BCUT2D eigenvalue weighted by atomic mass is 10.1. The van der Waals surface area contributed by atoms with Crippen molar-refractivity contribution in [3.63, 3.8) is 0 Å². The number of pyridine rings is 1. The molecular weight excluding hydrogens is 476 g/mol. The highest BCUT2D eigenvalue weighted by atomic mass is 32.2. The van der Waals surface area contributed by atoms with E-state index in [9.17, 15) is 8.42 Å². The summed E-state index contributed by atoms with van der Waals surface area (Å²) in [5, 5.41) is 1.59. The number of hydrogen-bond donors (Lipinski definition) is 0. The molecule has 2 aromatic carbocycles. The molecule has 9 heteroatoms. The Kier molecular flexibility index (Phi) is 6.45. The molecule has 0 spiro atoms. The van der Waals surface area contributed by atoms with Crippen molar-refractivity contribution < 1.29 is 17.9 Å². The molecule has 190 valence electrons. The summed E-state index contributed by atoms with van der Waals surface area (Å²) in [6.07, 6.45) is 5.88. The summed E-state index contributed by atoms with van der Waals surface area (Å²) in [7, 11) is -3.60. The molecule has 0 radical (unpaired) electrons. The number of benzene rings is 2. The van der Waals surface area contributed by atoms with Gasteiger partial charge < -0.3 is 14.4 Å². The molecule has 3 aromatic rings. The average molecular weight is 509 g/mol. The maximum Gasteiger partial charge on any atom is 0.245 e. The summed E-state index contributed by atoms with van der Waals surface area (Å²) >= 11 is 0. The molecule has 0 unspecified atom stereocenters. The monoisotopic (exact) mass is 508 g/mol. The number of para-hydroxylation sites is 1. The van der Waals surface area contributed by atoms with Gasteiger partial charge in [0.2, 0.25) is 10.0 Å². The van der Waals surface area contributed by atoms with E-state index in [1.54, 1.807) is 10.5 Å². The Morgan fingerprint density at radius 2 is 1.75 bits per heavy atom. The predicted molar refractivity (Wildman–Crippen MR) is 139 cm³/mol. The fraction of sp³-hybridized carbons (Fsp3) is 0.444. The number of sulfonamides is 1. The van der Waals surface area contributed by atoms with Crippen LogP contribution in [0.1, 0.15) is 19.3 Å². The minimum Gasteiger partial charge on any atom is -0.486 e. The SMILES string of the molecule is O=S(=O)(c1cncc2ccccc12)N1CCC[C@H]1CCN1CCN(c2cccc3c2OCCO3)CC1. The van der Waals surface area contributed by atoms with Gasteiger partial charge in [-0.15, -0.1) is 0 Å². The molecule has 0 aliphatic carbocycles. The molecule has 0 amide bonds. The zero-order chi connectivity index (χ0) is 24.5. The van der Waals surface area contributed by atoms with E-state index >= 15 is 0 Å². The minimum absolute atomic E-state index is 0.0266. The first-order chi connectivity index (χ1) is 17.6. The summed E-state index contributed by atoms with van der Waals surface area (Å²) < 4.78 is 40.7. The van der Waals surface area contributed by atoms with Crippen LogP contribution in [0.3, 0.4) is 0 Å². The zero-order valence-corrected chi connectivity index (χ0v) is 21.2. The van der Waals surface area contributed by atoms with Crippen molar-refractivity contribution in [3.05, 3.63) is 54.9 Å². The normalized spacial score (nSPS) is 21.2. The summed E-state index contributed by atoms with van der Waals surface area (Å²) in [5.74, 6) is 1.68. The van der Waals surface area contributed by atoms with Crippen LogP contribution in [0.25, 0.3) is 10.8 Å². The highest BCUT2D eigenvalue weighted by Gasteiger charge is 2.36. The fourth-order valence-electron chi connectivity index (χ4n) is 5.69. The Morgan fingerprint density at radius 3 is 2.64 bits per heavy atom. The number of ether oxygens (including phenoxy) is 2. The van der Waals surface area contributed by atoms with Crippen molar-refractivity contribution in [3.8, 4) is 11.5 Å². The van der Waals surface area contributed by atoms with Crippen molar-refractivity contribution in [2.45, 2.75) is 30.2 Å². The van der Waals surface area contributed by atoms with Crippen LogP contribution >= 0.6 is 0 Å². The largest absolute Gasteiger partial charge is 0.486 e. The number of nitrogens with zero attached hydrogens (tertiary/aromatic N) is 4. The molecule has 4 heterocycles. The van der Waals surface area contributed by atoms with Crippen LogP contribution in [0.4, 0.5) is 5.69 Å². The van der Waals surface area contributed by atoms with Crippen LogP contribution in [0.2, 0.25) is 0 Å². The summed E-state index contributed by atoms with van der Waals surface area (Å²) in [4.78, 5) is 9.35. The Hall–Kier alpha value is -2.88. The molecule has 1 aromatic heterocycles. The number of fused-ring (bicyclic) bond motifs is 2. The van der Waals surface area contributed by atoms with Gasteiger partial charge in [-0.2, -0.15) is 4.31 Å². The lowest BCUT2D eigenvalue weighted by Gasteiger charge is -2.38. The van der Waals surface area contributed by atoms with E-state index in [1.807, 2.05) is 36.4 Å². The maximum atomic E-state index is 13.7. The molecular formula is C27H32N4O4S. The molecule has 2 saturated heterocycles. The van der Waals surface area contributed by atoms with Crippen molar-refractivity contribution in [2.24, 2.45) is 0 Å². The van der Waals surface area contributed by atoms with Gasteiger partial charge in [0.1, 0.15) is 18.1 Å². The Labute approximate surface area is 212 Å². The molecule has 1 atom stereocenters. The molecule has 2 fully saturated rings. The van der Waals surface area contributed by atoms with Crippen molar-refractivity contribution in [1.82, 2.24) is 14.2 Å². The number of hydrogen-bond acceptors (Lipinski definition) is 7. The minimum atomic E-state index is -3.60. The Balaban J connectivity index is 1.09. The molecule has 0 saturated carbocycles. The second kappa shape index (κ2) is 9.88. The molecule has 8 nitrogen and oxygen atoms in total. The second-order valence-electron chi connectivity index (χ2n) is 9.69. The number of piperazine rings is 1. The summed E-state index contributed by atoms with van der Waals surface area (Å²) in [5.41, 5.74) is 1.10. The van der Waals surface area contributed by atoms with Crippen LogP contribution in [0, 0.1) is 0 Å². The van der Waals surface area contributed by atoms with Gasteiger partial charge in [0.25, 0.3) is 0 Å². The molecule has 36 heavy (non-hydrogen) atoms. The van der Waals surface area contributed by atoms with E-state index < -0.39 is 10.0 Å².